The van der Waals surface area contributed by atoms with Crippen molar-refractivity contribution in [1.82, 2.24) is 4.90 Å². The van der Waals surface area contributed by atoms with Crippen LogP contribution < -0.4 is 0 Å². The van der Waals surface area contributed by atoms with Gasteiger partial charge in [0, 0.05) is 6.42 Å². The number of carbonyl (C=O) groups is 2. The van der Waals surface area contributed by atoms with Crippen LogP contribution in [0.3, 0.4) is 0 Å². The van der Waals surface area contributed by atoms with Crippen molar-refractivity contribution in [1.29, 1.82) is 0 Å². The highest BCUT2D eigenvalue weighted by Gasteiger charge is 2.32. The van der Waals surface area contributed by atoms with Crippen LogP contribution in [-0.2, 0) is 9.59 Å². The maximum absolute atomic E-state index is 11.2. The number of likely N-dealkylation sites (N-methyl/N-ethyl adjacent to an activating group) is 1. The number of rotatable bonds is 4. The Morgan fingerprint density at radius 1 is 1.69 bits per heavy atom. The van der Waals surface area contributed by atoms with Crippen molar-refractivity contribution in [3.63, 3.8) is 0 Å². The van der Waals surface area contributed by atoms with Crippen LogP contribution in [0.4, 0.5) is 0 Å². The fraction of sp³-hybridized carbons (Fsp3) is 0.778. The van der Waals surface area contributed by atoms with E-state index >= 15 is 0 Å². The SMILES string of the molecule is CN1CCC(CC(=O)CBr)C1C=O. The summed E-state index contributed by atoms with van der Waals surface area (Å²) < 4.78 is 0. The summed E-state index contributed by atoms with van der Waals surface area (Å²) in [5.74, 6) is 0.416. The van der Waals surface area contributed by atoms with E-state index in [1.54, 1.807) is 0 Å². The third kappa shape index (κ3) is 2.61. The standard InChI is InChI=1S/C9H14BrNO2/c1-11-3-2-7(9(11)6-12)4-8(13)5-10/h6-7,9H,2-5H2,1H3. The van der Waals surface area contributed by atoms with Gasteiger partial charge in [0.2, 0.25) is 0 Å². The number of nitrogens with zero attached hydrogens (tertiary/aromatic N) is 1. The van der Waals surface area contributed by atoms with Gasteiger partial charge in [-0.1, -0.05) is 15.9 Å². The van der Waals surface area contributed by atoms with Gasteiger partial charge in [-0.15, -0.1) is 0 Å². The van der Waals surface area contributed by atoms with E-state index in [4.69, 9.17) is 0 Å². The number of alkyl halides is 1. The second-order valence-electron chi connectivity index (χ2n) is 3.53. The molecule has 1 aliphatic heterocycles. The first-order valence-corrected chi connectivity index (χ1v) is 5.54. The Labute approximate surface area is 86.6 Å². The first kappa shape index (κ1) is 10.9. The van der Waals surface area contributed by atoms with Crippen molar-refractivity contribution in [2.24, 2.45) is 5.92 Å². The van der Waals surface area contributed by atoms with Crippen LogP contribution in [0.1, 0.15) is 12.8 Å². The number of carbonyl (C=O) groups excluding carboxylic acids is 2. The van der Waals surface area contributed by atoms with Gasteiger partial charge in [-0.05, 0) is 25.9 Å². The topological polar surface area (TPSA) is 37.4 Å². The zero-order valence-corrected chi connectivity index (χ0v) is 9.29. The van der Waals surface area contributed by atoms with Crippen molar-refractivity contribution < 1.29 is 9.59 Å². The minimum Gasteiger partial charge on any atom is -0.302 e. The summed E-state index contributed by atoms with van der Waals surface area (Å²) in [7, 11) is 1.93. The van der Waals surface area contributed by atoms with E-state index in [0.29, 0.717) is 11.8 Å². The molecule has 0 aromatic heterocycles. The quantitative estimate of drug-likeness (QED) is 0.547. The van der Waals surface area contributed by atoms with Crippen LogP contribution in [0.25, 0.3) is 0 Å². The number of Topliss-reactive ketones (excluding diaryl/α,β-unsaturated/α-hetero) is 1. The Morgan fingerprint density at radius 3 is 2.92 bits per heavy atom. The maximum atomic E-state index is 11.2. The Morgan fingerprint density at radius 2 is 2.38 bits per heavy atom. The lowest BCUT2D eigenvalue weighted by atomic mass is 9.96. The molecule has 0 amide bonds. The molecule has 0 N–H and O–H groups in total. The smallest absolute Gasteiger partial charge is 0.143 e. The van der Waals surface area contributed by atoms with Crippen LogP contribution in [-0.4, -0.2) is 41.9 Å². The van der Waals surface area contributed by atoms with Crippen LogP contribution in [0.15, 0.2) is 0 Å². The minimum absolute atomic E-state index is 0.0528. The lowest BCUT2D eigenvalue weighted by molar-refractivity contribution is -0.118. The van der Waals surface area contributed by atoms with Crippen LogP contribution in [0, 0.1) is 5.92 Å². The molecule has 1 heterocycles. The van der Waals surface area contributed by atoms with Gasteiger partial charge in [-0.3, -0.25) is 9.69 Å². The van der Waals surface area contributed by atoms with Gasteiger partial charge in [-0.2, -0.15) is 0 Å². The van der Waals surface area contributed by atoms with Gasteiger partial charge in [0.25, 0.3) is 0 Å². The highest BCUT2D eigenvalue weighted by Crippen LogP contribution is 2.24. The molecule has 1 fully saturated rings. The fourth-order valence-electron chi connectivity index (χ4n) is 1.83. The molecule has 1 saturated heterocycles. The average molecular weight is 248 g/mol. The molecule has 3 nitrogen and oxygen atoms in total. The monoisotopic (exact) mass is 247 g/mol. The fourth-order valence-corrected chi connectivity index (χ4v) is 2.06. The highest BCUT2D eigenvalue weighted by molar-refractivity contribution is 9.09. The molecule has 2 atom stereocenters. The summed E-state index contributed by atoms with van der Waals surface area (Å²) in [6.45, 7) is 0.920. The highest BCUT2D eigenvalue weighted by atomic mass is 79.9. The molecular weight excluding hydrogens is 234 g/mol. The Balaban J connectivity index is 2.50. The number of aldehydes is 1. The molecule has 0 aliphatic carbocycles. The molecule has 0 radical (unpaired) electrons. The molecule has 74 valence electrons. The largest absolute Gasteiger partial charge is 0.302 e. The molecule has 2 unspecified atom stereocenters. The molecule has 0 aromatic carbocycles. The number of hydrogen-bond donors (Lipinski definition) is 0. The third-order valence-electron chi connectivity index (χ3n) is 2.62. The number of halogens is 1. The summed E-state index contributed by atoms with van der Waals surface area (Å²) >= 11 is 3.13. The lowest BCUT2D eigenvalue weighted by Gasteiger charge is -2.17. The van der Waals surface area contributed by atoms with Gasteiger partial charge in [0.15, 0.2) is 0 Å². The van der Waals surface area contributed by atoms with Crippen LogP contribution in [0.5, 0.6) is 0 Å². The summed E-state index contributed by atoms with van der Waals surface area (Å²) in [5, 5.41) is 0.402. The minimum atomic E-state index is -0.0528. The second kappa shape index (κ2) is 4.86. The van der Waals surface area contributed by atoms with Crippen molar-refractivity contribution in [3.05, 3.63) is 0 Å². The molecule has 4 heteroatoms. The predicted octanol–water partition coefficient (Wildman–Crippen LogP) is 0.860. The third-order valence-corrected chi connectivity index (χ3v) is 3.25. The van der Waals surface area contributed by atoms with E-state index < -0.39 is 0 Å². The van der Waals surface area contributed by atoms with E-state index in [1.807, 2.05) is 11.9 Å². The summed E-state index contributed by atoms with van der Waals surface area (Å²) in [6, 6.07) is -0.0528. The molecule has 1 aliphatic rings. The summed E-state index contributed by atoms with van der Waals surface area (Å²) in [4.78, 5) is 23.9. The number of hydrogen-bond acceptors (Lipinski definition) is 3. The first-order valence-electron chi connectivity index (χ1n) is 4.42. The Hall–Kier alpha value is -0.220. The first-order chi connectivity index (χ1) is 6.19. The van der Waals surface area contributed by atoms with Crippen LogP contribution >= 0.6 is 15.9 Å². The van der Waals surface area contributed by atoms with E-state index in [-0.39, 0.29) is 17.7 Å². The Kier molecular flexibility index (Phi) is 4.06. The molecule has 0 bridgehead atoms. The van der Waals surface area contributed by atoms with Gasteiger partial charge in [-0.25, -0.2) is 0 Å². The lowest BCUT2D eigenvalue weighted by Crippen LogP contribution is -2.31. The zero-order chi connectivity index (χ0) is 9.84. The van der Waals surface area contributed by atoms with Crippen LogP contribution in [0.2, 0.25) is 0 Å². The molecule has 1 rings (SSSR count). The van der Waals surface area contributed by atoms with Crippen molar-refractivity contribution >= 4 is 28.0 Å². The second-order valence-corrected chi connectivity index (χ2v) is 4.09. The van der Waals surface area contributed by atoms with Gasteiger partial charge < -0.3 is 4.79 Å². The van der Waals surface area contributed by atoms with Crippen molar-refractivity contribution in [3.8, 4) is 0 Å². The molecular formula is C9H14BrNO2. The zero-order valence-electron chi connectivity index (χ0n) is 7.70. The molecule has 0 aromatic rings. The normalized spacial score (nSPS) is 29.1. The van der Waals surface area contributed by atoms with E-state index in [2.05, 4.69) is 15.9 Å². The number of ketones is 1. The van der Waals surface area contributed by atoms with Gasteiger partial charge >= 0.3 is 0 Å². The summed E-state index contributed by atoms with van der Waals surface area (Å²) in [6.07, 6.45) is 2.44. The predicted molar refractivity (Wildman–Crippen MR) is 54.0 cm³/mol. The van der Waals surface area contributed by atoms with E-state index in [9.17, 15) is 9.59 Å². The van der Waals surface area contributed by atoms with E-state index in [0.717, 1.165) is 19.3 Å². The van der Waals surface area contributed by atoms with Gasteiger partial charge in [0.1, 0.15) is 12.1 Å². The Bertz CT molecular complexity index is 208. The maximum Gasteiger partial charge on any atom is 0.143 e. The summed E-state index contributed by atoms with van der Waals surface area (Å²) in [5.41, 5.74) is 0. The van der Waals surface area contributed by atoms with Crippen molar-refractivity contribution in [2.45, 2.75) is 18.9 Å². The molecule has 0 spiro atoms. The van der Waals surface area contributed by atoms with Crippen molar-refractivity contribution in [2.75, 3.05) is 18.9 Å². The molecule has 0 saturated carbocycles. The van der Waals surface area contributed by atoms with E-state index in [1.165, 1.54) is 0 Å². The van der Waals surface area contributed by atoms with Gasteiger partial charge in [0.05, 0.1) is 11.4 Å². The molecule has 13 heavy (non-hydrogen) atoms. The average Bonchev–Trinajstić information content (AvgIpc) is 2.46. The number of likely N-dealkylation sites (tertiary alicyclic amines) is 1.